The highest BCUT2D eigenvalue weighted by Crippen LogP contribution is 2.44. The number of hydrogen-bond acceptors (Lipinski definition) is 4. The van der Waals surface area contributed by atoms with E-state index >= 15 is 70.2 Å². The maximum atomic E-state index is 16.6. The van der Waals surface area contributed by atoms with Crippen molar-refractivity contribution in [3.05, 3.63) is 255 Å². The molecule has 4 N–H and O–H groups in total. The van der Waals surface area contributed by atoms with Crippen LogP contribution in [-0.2, 0) is 9.59 Å². The number of carbonyl (C=O) groups is 2. The minimum Gasteiger partial charge on any atom is -0.353 e. The number of aromatic amines is 2. The topological polar surface area (TPSA) is 114 Å². The van der Waals surface area contributed by atoms with E-state index in [9.17, 15) is 27.2 Å². The first-order valence-corrected chi connectivity index (χ1v) is 26.2. The van der Waals surface area contributed by atoms with E-state index < -0.39 is 240 Å². The summed E-state index contributed by atoms with van der Waals surface area (Å²) in [5.41, 5.74) is -21.0. The first-order valence-electron chi connectivity index (χ1n) is 26.2. The van der Waals surface area contributed by atoms with Crippen LogP contribution >= 0.6 is 0 Å². The maximum Gasteiger partial charge on any atom is 0.256 e. The van der Waals surface area contributed by atoms with Crippen LogP contribution in [0.25, 0.3) is 77.8 Å². The average molecular weight is 1280 g/mol. The van der Waals surface area contributed by atoms with E-state index in [0.29, 0.717) is 12.2 Å². The molecule has 12 bridgehead atoms. The van der Waals surface area contributed by atoms with Gasteiger partial charge in [-0.15, -0.1) is 0 Å². The van der Waals surface area contributed by atoms with Crippen LogP contribution in [0.15, 0.2) is 105 Å². The molecule has 2 aromatic heterocycles. The lowest BCUT2D eigenvalue weighted by molar-refractivity contribution is -0.116. The Morgan fingerprint density at radius 2 is 0.554 bits per heavy atom. The molecule has 92 heavy (non-hydrogen) atoms. The molecule has 10 aromatic rings. The van der Waals surface area contributed by atoms with Crippen LogP contribution in [0.2, 0.25) is 0 Å². The monoisotopic (exact) mass is 1280 g/mol. The van der Waals surface area contributed by atoms with E-state index in [0.717, 1.165) is 24.3 Å². The van der Waals surface area contributed by atoms with E-state index in [2.05, 4.69) is 30.6 Å². The zero-order chi connectivity index (χ0) is 65.0. The maximum absolute atomic E-state index is 16.6. The number of aliphatic imine (C=N–C) groups is 2. The van der Waals surface area contributed by atoms with Crippen LogP contribution < -0.4 is 31.8 Å². The molecule has 8 nitrogen and oxygen atoms in total. The van der Waals surface area contributed by atoms with Gasteiger partial charge in [-0.25, -0.2) is 97.8 Å². The Morgan fingerprint density at radius 3 is 0.848 bits per heavy atom. The molecule has 0 unspecified atom stereocenters. The standard InChI is InChI=1S/C64H18F20N6O2/c65-39-35(40(66)48(74)55(81)47(39)73)31-23-13-30(90-63(23)91)34(38-45(71)53(79)58(84)54(80)46(38)72)28-12-22-18-8-4-2-6-16(18)20-10-26(86-60(20)62(22)88-28)32(36-41(67)49(75)56(82)50(76)42(36)68)24-14-29(89-64(24)92)33(37-43(69)51(77)57(83)52(78)44(37)70)27-11-21-17-7-3-1-5-15(17)19-9-25(31)85-59(19)61(21)87-27/h1-14,85-86H,(H,89,92)(H,90,91). The summed E-state index contributed by atoms with van der Waals surface area (Å²) in [5.74, 6) is -56.1. The van der Waals surface area contributed by atoms with Crippen molar-refractivity contribution in [3.63, 3.8) is 0 Å². The number of allylic oxidation sites excluding steroid dienone is 4. The predicted octanol–water partition coefficient (Wildman–Crippen LogP) is 12.5. The minimum absolute atomic E-state index is 0.000253. The van der Waals surface area contributed by atoms with Crippen LogP contribution in [0, 0.1) is 116 Å². The number of fused-ring (bicyclic) bond motifs is 10. The number of amides is 2. The second kappa shape index (κ2) is 19.6. The summed E-state index contributed by atoms with van der Waals surface area (Å²) >= 11 is 0. The number of carbonyl (C=O) groups excluding carboxylic acids is 2. The van der Waals surface area contributed by atoms with E-state index in [4.69, 9.17) is 0 Å². The van der Waals surface area contributed by atoms with Gasteiger partial charge in [0.2, 0.25) is 23.3 Å². The molecule has 15 rings (SSSR count). The molecule has 0 aliphatic carbocycles. The fourth-order valence-electron chi connectivity index (χ4n) is 12.2. The molecule has 0 spiro atoms. The molecule has 0 saturated carbocycles. The second-order valence-corrected chi connectivity index (χ2v) is 21.0. The van der Waals surface area contributed by atoms with Gasteiger partial charge in [0, 0.05) is 54.2 Å². The van der Waals surface area contributed by atoms with Crippen LogP contribution in [0.5, 0.6) is 0 Å². The molecular formula is C64H18F20N6O2. The Kier molecular flexibility index (Phi) is 12.2. The molecule has 0 fully saturated rings. The Morgan fingerprint density at radius 1 is 0.293 bits per heavy atom. The van der Waals surface area contributed by atoms with Gasteiger partial charge in [0.25, 0.3) is 11.8 Å². The van der Waals surface area contributed by atoms with E-state index in [1.807, 2.05) is 0 Å². The highest BCUT2D eigenvalue weighted by atomic mass is 19.2. The summed E-state index contributed by atoms with van der Waals surface area (Å²) in [6.45, 7) is 0. The minimum atomic E-state index is -2.73. The molecule has 28 heteroatoms. The highest BCUT2D eigenvalue weighted by Gasteiger charge is 2.41. The van der Waals surface area contributed by atoms with Crippen molar-refractivity contribution in [2.24, 2.45) is 9.98 Å². The lowest BCUT2D eigenvalue weighted by atomic mass is 9.93. The zero-order valence-electron chi connectivity index (χ0n) is 44.4. The molecule has 456 valence electrons. The van der Waals surface area contributed by atoms with Gasteiger partial charge in [-0.3, -0.25) is 9.59 Å². The summed E-state index contributed by atoms with van der Waals surface area (Å²) in [6.07, 6.45) is 2.73. The van der Waals surface area contributed by atoms with Crippen molar-refractivity contribution in [3.8, 4) is 0 Å². The normalized spacial score (nSPS) is 15.3. The second-order valence-electron chi connectivity index (χ2n) is 21.0. The number of hydrogen-bond donors (Lipinski definition) is 4. The van der Waals surface area contributed by atoms with Crippen molar-refractivity contribution in [1.82, 2.24) is 20.6 Å². The summed E-state index contributed by atoms with van der Waals surface area (Å²) in [7, 11) is 0. The number of nitrogens with zero attached hydrogens (tertiary/aromatic N) is 2. The SMILES string of the molecule is O=C1NC2=C(c3c(F)c(F)c(F)c(F)c3F)C3=Nc4c(c5ccccc5c5cc([nH]c45)=C(c4c(F)c(F)c(F)c(F)c4F)C4=CC(=C(c5c(F)c(F)c(F)c(F)c5F)C5=Nc6c(c7ccccc7c7cc([nH]c67)=C(c6c(F)c(F)c(F)c(F)c6F)C1=C2)=C5)NC4=O)=C3. The average Bonchev–Trinajstić information content (AvgIpc) is 1.56. The summed E-state index contributed by atoms with van der Waals surface area (Å²) in [5, 5.41) is 1.67. The molecule has 2 amide bonds. The zero-order valence-corrected chi connectivity index (χ0v) is 44.4. The third kappa shape index (κ3) is 7.56. The largest absolute Gasteiger partial charge is 0.353 e. The number of aromatic nitrogens is 2. The molecule has 5 aliphatic rings. The van der Waals surface area contributed by atoms with Crippen LogP contribution in [0.4, 0.5) is 99.2 Å². The Hall–Kier alpha value is -11.3. The molecule has 0 atom stereocenters. The Balaban J connectivity index is 1.19. The number of benzene rings is 8. The van der Waals surface area contributed by atoms with Crippen molar-refractivity contribution < 1.29 is 97.4 Å². The first-order chi connectivity index (χ1) is 43.8. The van der Waals surface area contributed by atoms with E-state index in [1.165, 1.54) is 48.5 Å². The van der Waals surface area contributed by atoms with Crippen LogP contribution in [0.3, 0.4) is 0 Å². The highest BCUT2D eigenvalue weighted by molar-refractivity contribution is 6.43. The van der Waals surface area contributed by atoms with E-state index in [-0.39, 0.29) is 42.8 Å². The van der Waals surface area contributed by atoms with Crippen molar-refractivity contribution in [2.75, 3.05) is 0 Å². The van der Waals surface area contributed by atoms with Gasteiger partial charge < -0.3 is 20.6 Å². The van der Waals surface area contributed by atoms with Gasteiger partial charge in [0.05, 0.1) is 78.6 Å². The van der Waals surface area contributed by atoms with Gasteiger partial charge in [-0.1, -0.05) is 48.5 Å². The fourth-order valence-corrected chi connectivity index (χ4v) is 12.2. The molecule has 7 heterocycles. The summed E-state index contributed by atoms with van der Waals surface area (Å²) in [4.78, 5) is 43.8. The predicted molar refractivity (Wildman–Crippen MR) is 289 cm³/mol. The number of H-pyrrole nitrogens is 2. The quantitative estimate of drug-likeness (QED) is 0.0799. The van der Waals surface area contributed by atoms with Gasteiger partial charge in [-0.2, -0.15) is 0 Å². The third-order valence-electron chi connectivity index (χ3n) is 16.2. The summed E-state index contributed by atoms with van der Waals surface area (Å²) in [6, 6.07) is 12.6. The van der Waals surface area contributed by atoms with Gasteiger partial charge >= 0.3 is 0 Å². The molecule has 0 radical (unpaired) electrons. The molecule has 8 aromatic carbocycles. The summed E-state index contributed by atoms with van der Waals surface area (Å²) < 4.78 is 318. The Labute approximate surface area is 494 Å². The van der Waals surface area contributed by atoms with Gasteiger partial charge in [0.1, 0.15) is 0 Å². The van der Waals surface area contributed by atoms with E-state index in [1.54, 1.807) is 0 Å². The molecule has 0 saturated heterocycles. The lowest BCUT2D eigenvalue weighted by Gasteiger charge is -2.14. The number of rotatable bonds is 4. The van der Waals surface area contributed by atoms with Gasteiger partial charge in [-0.05, 0) is 58.0 Å². The number of halogens is 20. The lowest BCUT2D eigenvalue weighted by Crippen LogP contribution is -2.23. The van der Waals surface area contributed by atoms with Gasteiger partial charge in [0.15, 0.2) is 93.1 Å². The van der Waals surface area contributed by atoms with Crippen LogP contribution in [0.1, 0.15) is 22.3 Å². The van der Waals surface area contributed by atoms with Crippen molar-refractivity contribution >= 4 is 112 Å². The van der Waals surface area contributed by atoms with Crippen LogP contribution in [-0.4, -0.2) is 33.2 Å². The molecule has 5 aliphatic heterocycles. The smallest absolute Gasteiger partial charge is 0.256 e. The van der Waals surface area contributed by atoms with Crippen molar-refractivity contribution in [1.29, 1.82) is 0 Å². The fraction of sp³-hybridized carbons (Fsp3) is 0. The third-order valence-corrected chi connectivity index (χ3v) is 16.2. The number of nitrogens with one attached hydrogen (secondary N) is 4. The Bertz CT molecular complexity index is 5400. The van der Waals surface area contributed by atoms with Crippen molar-refractivity contribution in [2.45, 2.75) is 0 Å². The molecular weight excluding hydrogens is 1260 g/mol. The first kappa shape index (κ1) is 57.1.